The summed E-state index contributed by atoms with van der Waals surface area (Å²) in [6.07, 6.45) is 1.95. The van der Waals surface area contributed by atoms with Gasteiger partial charge in [-0.15, -0.1) is 4.85 Å². The first kappa shape index (κ1) is 11.1. The van der Waals surface area contributed by atoms with Crippen LogP contribution in [0, 0.1) is 5.21 Å². The maximum absolute atomic E-state index is 11.7. The summed E-state index contributed by atoms with van der Waals surface area (Å²) in [5.74, 6) is -0.974. The Hall–Kier alpha value is -1.38. The predicted molar refractivity (Wildman–Crippen MR) is 54.0 cm³/mol. The monoisotopic (exact) mass is 229 g/mol. The average molecular weight is 229 g/mol. The van der Waals surface area contributed by atoms with Crippen LogP contribution in [-0.2, 0) is 4.79 Å². The van der Waals surface area contributed by atoms with E-state index in [0.29, 0.717) is 0 Å². The van der Waals surface area contributed by atoms with Crippen molar-refractivity contribution in [2.75, 3.05) is 13.1 Å². The Balaban J connectivity index is 2.29. The Morgan fingerprint density at radius 1 is 1.44 bits per heavy atom. The van der Waals surface area contributed by atoms with Crippen molar-refractivity contribution >= 4 is 11.7 Å². The van der Waals surface area contributed by atoms with E-state index < -0.39 is 18.0 Å². The molecule has 1 amide bonds. The number of hydrazone groups is 1. The van der Waals surface area contributed by atoms with Crippen LogP contribution in [0.5, 0.6) is 0 Å². The van der Waals surface area contributed by atoms with Crippen molar-refractivity contribution in [2.45, 2.75) is 24.9 Å². The topological polar surface area (TPSA) is 122 Å². The largest absolute Gasteiger partial charge is 0.690 e. The van der Waals surface area contributed by atoms with Crippen LogP contribution in [0.15, 0.2) is 0 Å². The molecule has 16 heavy (non-hydrogen) atoms. The molecule has 0 aromatic carbocycles. The summed E-state index contributed by atoms with van der Waals surface area (Å²) in [5.41, 5.74) is 11.2. The van der Waals surface area contributed by atoms with Gasteiger partial charge in [0.1, 0.15) is 12.1 Å². The van der Waals surface area contributed by atoms with E-state index >= 15 is 0 Å². The van der Waals surface area contributed by atoms with Gasteiger partial charge in [-0.2, -0.15) is 0 Å². The maximum atomic E-state index is 11.7. The van der Waals surface area contributed by atoms with Crippen LogP contribution in [0.25, 0.3) is 0 Å². The van der Waals surface area contributed by atoms with E-state index in [-0.39, 0.29) is 15.9 Å². The molecule has 0 radical (unpaired) electrons. The highest BCUT2D eigenvalue weighted by Gasteiger charge is 2.45. The second-order valence-corrected chi connectivity index (χ2v) is 4.04. The SMILES string of the molecule is NC1=[N+]([O-])N(O)C(=O)C(N2CCCC2)C1N. The molecule has 2 rings (SSSR count). The van der Waals surface area contributed by atoms with E-state index in [1.54, 1.807) is 0 Å². The fraction of sp³-hybridized carbons (Fsp3) is 0.750. The lowest BCUT2D eigenvalue weighted by Crippen LogP contribution is -2.67. The molecule has 1 saturated heterocycles. The zero-order valence-electron chi connectivity index (χ0n) is 8.74. The fourth-order valence-electron chi connectivity index (χ4n) is 2.16. The minimum absolute atomic E-state index is 0.0122. The van der Waals surface area contributed by atoms with Crippen molar-refractivity contribution in [1.29, 1.82) is 0 Å². The molecule has 1 fully saturated rings. The predicted octanol–water partition coefficient (Wildman–Crippen LogP) is -2.21. The number of carbonyl (C=O) groups excluding carboxylic acids is 1. The number of nitrogens with two attached hydrogens (primary N) is 2. The van der Waals surface area contributed by atoms with E-state index in [1.165, 1.54) is 0 Å². The molecular formula is C8H15N5O3. The average Bonchev–Trinajstić information content (AvgIpc) is 2.77. The standard InChI is InChI=1S/C8H15N5O3/c9-5-6(11-3-1-2-4-11)8(14)13(16)12(15)7(5)10/h5-6,16H,1-4,9-10H2. The summed E-state index contributed by atoms with van der Waals surface area (Å²) in [4.78, 5) is 13.5. The number of carbonyl (C=O) groups is 1. The fourth-order valence-corrected chi connectivity index (χ4v) is 2.16. The van der Waals surface area contributed by atoms with Crippen LogP contribution >= 0.6 is 0 Å². The van der Waals surface area contributed by atoms with Gasteiger partial charge < -0.3 is 10.9 Å². The number of hydrazine groups is 1. The van der Waals surface area contributed by atoms with Gasteiger partial charge in [-0.3, -0.25) is 15.4 Å². The Kier molecular flexibility index (Phi) is 2.70. The van der Waals surface area contributed by atoms with Crippen LogP contribution in [0.4, 0.5) is 0 Å². The zero-order chi connectivity index (χ0) is 11.9. The first-order chi connectivity index (χ1) is 7.54. The van der Waals surface area contributed by atoms with E-state index in [9.17, 15) is 15.2 Å². The molecule has 0 saturated carbocycles. The highest BCUT2D eigenvalue weighted by molar-refractivity contribution is 5.93. The maximum Gasteiger partial charge on any atom is 0.307 e. The molecule has 90 valence electrons. The first-order valence-electron chi connectivity index (χ1n) is 5.16. The molecule has 0 aliphatic carbocycles. The number of hydrogen-bond acceptors (Lipinski definition) is 6. The second kappa shape index (κ2) is 3.89. The lowest BCUT2D eigenvalue weighted by atomic mass is 10.0. The van der Waals surface area contributed by atoms with Gasteiger partial charge >= 0.3 is 5.91 Å². The van der Waals surface area contributed by atoms with Crippen molar-refractivity contribution in [3.63, 3.8) is 0 Å². The Morgan fingerprint density at radius 3 is 2.56 bits per heavy atom. The van der Waals surface area contributed by atoms with Crippen LogP contribution < -0.4 is 11.5 Å². The number of nitrogens with zero attached hydrogens (tertiary/aromatic N) is 3. The van der Waals surface area contributed by atoms with Crippen molar-refractivity contribution in [2.24, 2.45) is 11.5 Å². The minimum Gasteiger partial charge on any atom is -0.690 e. The van der Waals surface area contributed by atoms with E-state index in [4.69, 9.17) is 11.5 Å². The highest BCUT2D eigenvalue weighted by atomic mass is 16.7. The molecule has 0 aromatic rings. The molecule has 8 heteroatoms. The van der Waals surface area contributed by atoms with E-state index in [2.05, 4.69) is 0 Å². The number of hydrogen-bond donors (Lipinski definition) is 3. The molecule has 2 aliphatic rings. The smallest absolute Gasteiger partial charge is 0.307 e. The molecule has 2 aliphatic heterocycles. The number of rotatable bonds is 1. The third kappa shape index (κ3) is 1.51. The Morgan fingerprint density at radius 2 is 2.00 bits per heavy atom. The molecule has 5 N–H and O–H groups in total. The minimum atomic E-state index is -0.869. The lowest BCUT2D eigenvalue weighted by molar-refractivity contribution is -0.693. The molecule has 2 heterocycles. The molecule has 0 spiro atoms. The van der Waals surface area contributed by atoms with Gasteiger partial charge in [0, 0.05) is 0 Å². The van der Waals surface area contributed by atoms with Crippen molar-refractivity contribution in [1.82, 2.24) is 10.1 Å². The zero-order valence-corrected chi connectivity index (χ0v) is 8.74. The van der Waals surface area contributed by atoms with Gasteiger partial charge in [0.05, 0.1) is 0 Å². The molecule has 0 bridgehead atoms. The van der Waals surface area contributed by atoms with Crippen molar-refractivity contribution in [3.05, 3.63) is 5.21 Å². The number of amidine groups is 1. The van der Waals surface area contributed by atoms with Gasteiger partial charge in [0.25, 0.3) is 5.84 Å². The van der Waals surface area contributed by atoms with E-state index in [0.717, 1.165) is 25.9 Å². The van der Waals surface area contributed by atoms with Gasteiger partial charge in [-0.25, -0.2) is 5.21 Å². The first-order valence-corrected chi connectivity index (χ1v) is 5.16. The van der Waals surface area contributed by atoms with E-state index in [1.807, 2.05) is 4.90 Å². The summed E-state index contributed by atoms with van der Waals surface area (Å²) in [6.45, 7) is 1.45. The van der Waals surface area contributed by atoms with Crippen LogP contribution in [0.2, 0.25) is 0 Å². The third-order valence-corrected chi connectivity index (χ3v) is 3.06. The van der Waals surface area contributed by atoms with Crippen LogP contribution in [-0.4, -0.2) is 57.0 Å². The number of likely N-dealkylation sites (tertiary alicyclic amines) is 1. The number of hydroxylamine groups is 1. The molecule has 8 nitrogen and oxygen atoms in total. The summed E-state index contributed by atoms with van der Waals surface area (Å²) in [6, 6.07) is -1.61. The normalized spacial score (nSPS) is 32.6. The Bertz CT molecular complexity index is 339. The summed E-state index contributed by atoms with van der Waals surface area (Å²) in [7, 11) is 0. The number of amides is 1. The highest BCUT2D eigenvalue weighted by Crippen LogP contribution is 2.17. The molecule has 2 unspecified atom stereocenters. The summed E-state index contributed by atoms with van der Waals surface area (Å²) >= 11 is 0. The molecule has 0 aromatic heterocycles. The third-order valence-electron chi connectivity index (χ3n) is 3.06. The summed E-state index contributed by atoms with van der Waals surface area (Å²) in [5, 5.41) is 20.5. The lowest BCUT2D eigenvalue weighted by Gasteiger charge is -2.36. The van der Waals surface area contributed by atoms with Crippen molar-refractivity contribution < 1.29 is 14.8 Å². The van der Waals surface area contributed by atoms with Gasteiger partial charge in [0.15, 0.2) is 0 Å². The molecule has 2 atom stereocenters. The van der Waals surface area contributed by atoms with Gasteiger partial charge in [0.2, 0.25) is 0 Å². The quantitative estimate of drug-likeness (QED) is 0.266. The van der Waals surface area contributed by atoms with Crippen LogP contribution in [0.1, 0.15) is 12.8 Å². The second-order valence-electron chi connectivity index (χ2n) is 4.04. The Labute approximate surface area is 92.2 Å². The molecular weight excluding hydrogens is 214 g/mol. The summed E-state index contributed by atoms with van der Waals surface area (Å²) < 4.78 is 0. The van der Waals surface area contributed by atoms with Crippen molar-refractivity contribution in [3.8, 4) is 0 Å². The van der Waals surface area contributed by atoms with Gasteiger partial charge in [-0.1, -0.05) is 0 Å². The van der Waals surface area contributed by atoms with Crippen LogP contribution in [0.3, 0.4) is 0 Å². The van der Waals surface area contributed by atoms with Gasteiger partial charge in [-0.05, 0) is 31.1 Å².